The highest BCUT2D eigenvalue weighted by Crippen LogP contribution is 2.34. The van der Waals surface area contributed by atoms with Gasteiger partial charge < -0.3 is 4.90 Å². The van der Waals surface area contributed by atoms with Crippen molar-refractivity contribution in [3.63, 3.8) is 0 Å². The molecule has 142 valence electrons. The van der Waals surface area contributed by atoms with E-state index in [2.05, 4.69) is 31.4 Å². The van der Waals surface area contributed by atoms with Gasteiger partial charge in [-0.25, -0.2) is 4.39 Å². The highest BCUT2D eigenvalue weighted by atomic mass is 79.9. The Bertz CT molecular complexity index is 1040. The summed E-state index contributed by atoms with van der Waals surface area (Å²) in [5, 5.41) is 12.0. The Morgan fingerprint density at radius 1 is 1.18 bits per heavy atom. The van der Waals surface area contributed by atoms with Gasteiger partial charge in [-0.05, 0) is 52.3 Å². The quantitative estimate of drug-likeness (QED) is 0.632. The van der Waals surface area contributed by atoms with Gasteiger partial charge in [-0.3, -0.25) is 14.9 Å². The first-order valence-corrected chi connectivity index (χ1v) is 10.1. The Balaban J connectivity index is 1.46. The Hall–Kier alpha value is -2.65. The molecule has 2 heterocycles. The van der Waals surface area contributed by atoms with Crippen LogP contribution in [0.3, 0.4) is 0 Å². The average Bonchev–Trinajstić information content (AvgIpc) is 3.29. The maximum absolute atomic E-state index is 13.1. The van der Waals surface area contributed by atoms with Crippen LogP contribution < -0.4 is 10.2 Å². The molecule has 1 unspecified atom stereocenters. The monoisotopic (exact) mass is 460 g/mol. The Morgan fingerprint density at radius 3 is 2.68 bits per heavy atom. The minimum atomic E-state index is -0.346. The molecular weight excluding hydrogens is 447 g/mol. The molecule has 1 N–H and O–H groups in total. The van der Waals surface area contributed by atoms with Crippen LogP contribution in [0.15, 0.2) is 53.0 Å². The SMILES string of the molecule is O=C(Nc1nnc(C2CC(=O)N(c3ccc(F)cc3)C2)s1)c1ccccc1Br. The summed E-state index contributed by atoms with van der Waals surface area (Å²) < 4.78 is 13.8. The Labute approximate surface area is 172 Å². The zero-order valence-corrected chi connectivity index (χ0v) is 16.8. The molecule has 0 aliphatic carbocycles. The van der Waals surface area contributed by atoms with Crippen LogP contribution in [-0.4, -0.2) is 28.6 Å². The Kier molecular flexibility index (Phi) is 5.19. The van der Waals surface area contributed by atoms with Crippen LogP contribution in [0.25, 0.3) is 0 Å². The van der Waals surface area contributed by atoms with E-state index in [1.54, 1.807) is 35.2 Å². The molecule has 28 heavy (non-hydrogen) atoms. The van der Waals surface area contributed by atoms with Crippen molar-refractivity contribution in [1.82, 2.24) is 10.2 Å². The number of carbonyl (C=O) groups is 2. The van der Waals surface area contributed by atoms with E-state index < -0.39 is 0 Å². The minimum Gasteiger partial charge on any atom is -0.312 e. The molecular formula is C19H14BrFN4O2S. The van der Waals surface area contributed by atoms with Gasteiger partial charge in [0.25, 0.3) is 5.91 Å². The van der Waals surface area contributed by atoms with E-state index in [1.807, 2.05) is 6.07 Å². The zero-order valence-electron chi connectivity index (χ0n) is 14.4. The summed E-state index contributed by atoms with van der Waals surface area (Å²) in [6.07, 6.45) is 0.296. The standard InChI is InChI=1S/C19H14BrFN4O2S/c20-15-4-2-1-3-14(15)17(27)22-19-24-23-18(28-19)11-9-16(26)25(10-11)13-7-5-12(21)6-8-13/h1-8,11H,9-10H2,(H,22,24,27). The molecule has 0 bridgehead atoms. The van der Waals surface area contributed by atoms with Crippen molar-refractivity contribution in [1.29, 1.82) is 0 Å². The third-order valence-corrected chi connectivity index (χ3v) is 6.08. The molecule has 0 spiro atoms. The number of anilines is 2. The van der Waals surface area contributed by atoms with Gasteiger partial charge >= 0.3 is 0 Å². The topological polar surface area (TPSA) is 75.2 Å². The molecule has 1 atom stereocenters. The van der Waals surface area contributed by atoms with Gasteiger partial charge in [-0.15, -0.1) is 10.2 Å². The lowest BCUT2D eigenvalue weighted by atomic mass is 10.1. The number of halogens is 2. The van der Waals surface area contributed by atoms with E-state index in [-0.39, 0.29) is 23.5 Å². The molecule has 1 saturated heterocycles. The van der Waals surface area contributed by atoms with E-state index >= 15 is 0 Å². The summed E-state index contributed by atoms with van der Waals surface area (Å²) in [6.45, 7) is 0.442. The third-order valence-electron chi connectivity index (χ3n) is 4.39. The molecule has 3 aromatic rings. The average molecular weight is 461 g/mol. The van der Waals surface area contributed by atoms with Crippen molar-refractivity contribution >= 4 is 49.9 Å². The predicted molar refractivity (Wildman–Crippen MR) is 108 cm³/mol. The molecule has 1 fully saturated rings. The van der Waals surface area contributed by atoms with Crippen molar-refractivity contribution in [2.45, 2.75) is 12.3 Å². The lowest BCUT2D eigenvalue weighted by Crippen LogP contribution is -2.24. The number of nitrogens with zero attached hydrogens (tertiary/aromatic N) is 3. The number of hydrogen-bond acceptors (Lipinski definition) is 5. The molecule has 0 saturated carbocycles. The van der Waals surface area contributed by atoms with Crippen LogP contribution in [-0.2, 0) is 4.79 Å². The molecule has 2 aromatic carbocycles. The maximum Gasteiger partial charge on any atom is 0.258 e. The molecule has 9 heteroatoms. The van der Waals surface area contributed by atoms with E-state index in [0.717, 1.165) is 0 Å². The van der Waals surface area contributed by atoms with Crippen LogP contribution in [0.1, 0.15) is 27.7 Å². The predicted octanol–water partition coefficient (Wildman–Crippen LogP) is 4.21. The fourth-order valence-electron chi connectivity index (χ4n) is 3.00. The van der Waals surface area contributed by atoms with Crippen molar-refractivity contribution in [3.8, 4) is 0 Å². The molecule has 6 nitrogen and oxygen atoms in total. The highest BCUT2D eigenvalue weighted by molar-refractivity contribution is 9.10. The second kappa shape index (κ2) is 7.76. The lowest BCUT2D eigenvalue weighted by Gasteiger charge is -2.16. The lowest BCUT2D eigenvalue weighted by molar-refractivity contribution is -0.117. The van der Waals surface area contributed by atoms with Crippen molar-refractivity contribution in [2.75, 3.05) is 16.8 Å². The largest absolute Gasteiger partial charge is 0.312 e. The van der Waals surface area contributed by atoms with Crippen molar-refractivity contribution in [2.24, 2.45) is 0 Å². The first kappa shape index (κ1) is 18.7. The van der Waals surface area contributed by atoms with E-state index in [1.165, 1.54) is 23.5 Å². The number of benzene rings is 2. The molecule has 1 aromatic heterocycles. The molecule has 1 aliphatic heterocycles. The number of hydrogen-bond donors (Lipinski definition) is 1. The van der Waals surface area contributed by atoms with Crippen molar-refractivity contribution < 1.29 is 14.0 Å². The number of aromatic nitrogens is 2. The Morgan fingerprint density at radius 2 is 1.93 bits per heavy atom. The summed E-state index contributed by atoms with van der Waals surface area (Å²) in [7, 11) is 0. The summed E-state index contributed by atoms with van der Waals surface area (Å²) >= 11 is 4.60. The first-order valence-electron chi connectivity index (χ1n) is 8.46. The van der Waals surface area contributed by atoms with E-state index in [9.17, 15) is 14.0 Å². The summed E-state index contributed by atoms with van der Waals surface area (Å²) in [5.74, 6) is -0.804. The smallest absolute Gasteiger partial charge is 0.258 e. The zero-order chi connectivity index (χ0) is 19.7. The minimum absolute atomic E-state index is 0.0504. The third kappa shape index (κ3) is 3.81. The van der Waals surface area contributed by atoms with E-state index in [0.29, 0.717) is 38.8 Å². The fraction of sp³-hybridized carbons (Fsp3) is 0.158. The van der Waals surface area contributed by atoms with Gasteiger partial charge in [0.15, 0.2) is 0 Å². The number of rotatable bonds is 4. The fourth-order valence-corrected chi connectivity index (χ4v) is 4.30. The van der Waals surface area contributed by atoms with Crippen LogP contribution in [0.4, 0.5) is 15.2 Å². The summed E-state index contributed by atoms with van der Waals surface area (Å²) in [4.78, 5) is 26.4. The van der Waals surface area contributed by atoms with Gasteiger partial charge in [-0.2, -0.15) is 0 Å². The molecule has 0 radical (unpaired) electrons. The van der Waals surface area contributed by atoms with Crippen LogP contribution in [0.5, 0.6) is 0 Å². The molecule has 2 amide bonds. The van der Waals surface area contributed by atoms with Crippen molar-refractivity contribution in [3.05, 3.63) is 69.4 Å². The van der Waals surface area contributed by atoms with Gasteiger partial charge in [0.05, 0.1) is 5.56 Å². The normalized spacial score (nSPS) is 16.4. The molecule has 1 aliphatic rings. The van der Waals surface area contributed by atoms with Gasteiger partial charge in [-0.1, -0.05) is 23.5 Å². The van der Waals surface area contributed by atoms with Gasteiger partial charge in [0.2, 0.25) is 11.0 Å². The van der Waals surface area contributed by atoms with Crippen LogP contribution in [0, 0.1) is 5.82 Å². The second-order valence-electron chi connectivity index (χ2n) is 6.26. The van der Waals surface area contributed by atoms with E-state index in [4.69, 9.17) is 0 Å². The number of amides is 2. The molecule has 4 rings (SSSR count). The highest BCUT2D eigenvalue weighted by Gasteiger charge is 2.34. The second-order valence-corrected chi connectivity index (χ2v) is 8.12. The number of carbonyl (C=O) groups excluding carboxylic acids is 2. The number of nitrogens with one attached hydrogen (secondary N) is 1. The summed E-state index contributed by atoms with van der Waals surface area (Å²) in [6, 6.07) is 12.9. The maximum atomic E-state index is 13.1. The van der Waals surface area contributed by atoms with Crippen LogP contribution >= 0.6 is 27.3 Å². The van der Waals surface area contributed by atoms with Gasteiger partial charge in [0, 0.05) is 29.0 Å². The summed E-state index contributed by atoms with van der Waals surface area (Å²) in [5.41, 5.74) is 1.15. The van der Waals surface area contributed by atoms with Crippen LogP contribution in [0.2, 0.25) is 0 Å². The first-order chi connectivity index (χ1) is 13.5. The van der Waals surface area contributed by atoms with Gasteiger partial charge in [0.1, 0.15) is 10.8 Å².